The number of rotatable bonds is 1. The van der Waals surface area contributed by atoms with Crippen molar-refractivity contribution in [3.05, 3.63) is 12.4 Å². The first kappa shape index (κ1) is 14.7. The summed E-state index contributed by atoms with van der Waals surface area (Å²) in [5, 5.41) is 7.44. The van der Waals surface area contributed by atoms with Crippen LogP contribution in [0.1, 0.15) is 48.1 Å². The number of nitrogens with zero attached hydrogens (tertiary/aromatic N) is 3. The summed E-state index contributed by atoms with van der Waals surface area (Å²) >= 11 is 0. The summed E-state index contributed by atoms with van der Waals surface area (Å²) in [5.74, 6) is 0.833. The minimum atomic E-state index is 0. The monoisotopic (exact) mass is 185 g/mol. The molecule has 1 aromatic heterocycles. The average molecular weight is 185 g/mol. The van der Waals surface area contributed by atoms with E-state index in [0.29, 0.717) is 6.04 Å². The Bertz CT molecular complexity index is 175. The molecule has 0 aliphatic rings. The predicted octanol–water partition coefficient (Wildman–Crippen LogP) is 3.16. The van der Waals surface area contributed by atoms with Gasteiger partial charge in [0.2, 0.25) is 0 Å². The van der Waals surface area contributed by atoms with Crippen molar-refractivity contribution in [2.45, 2.75) is 48.1 Å². The molecule has 0 aliphatic heterocycles. The third kappa shape index (κ3) is 9.05. The maximum Gasteiger partial charge on any atom is 0.0693 e. The van der Waals surface area contributed by atoms with Crippen molar-refractivity contribution >= 4 is 0 Å². The van der Waals surface area contributed by atoms with Crippen LogP contribution in [0.5, 0.6) is 0 Å². The van der Waals surface area contributed by atoms with Gasteiger partial charge in [0.25, 0.3) is 0 Å². The van der Waals surface area contributed by atoms with E-state index >= 15 is 0 Å². The van der Waals surface area contributed by atoms with Gasteiger partial charge in [0, 0.05) is 12.2 Å². The summed E-state index contributed by atoms with van der Waals surface area (Å²) in [6.07, 6.45) is 3.53. The van der Waals surface area contributed by atoms with Gasteiger partial charge in [-0.3, -0.25) is 4.68 Å². The quantitative estimate of drug-likeness (QED) is 0.673. The molecule has 78 valence electrons. The van der Waals surface area contributed by atoms with Gasteiger partial charge in [-0.1, -0.05) is 33.4 Å². The first-order valence-electron chi connectivity index (χ1n) is 4.39. The first-order valence-corrected chi connectivity index (χ1v) is 4.39. The molecule has 0 unspecified atom stereocenters. The van der Waals surface area contributed by atoms with Crippen LogP contribution in [0.25, 0.3) is 0 Å². The van der Waals surface area contributed by atoms with Crippen molar-refractivity contribution in [3.63, 3.8) is 0 Å². The summed E-state index contributed by atoms with van der Waals surface area (Å²) in [7, 11) is 0. The minimum absolute atomic E-state index is 0. The van der Waals surface area contributed by atoms with Crippen LogP contribution in [-0.4, -0.2) is 15.0 Å². The lowest BCUT2D eigenvalue weighted by Gasteiger charge is -2.00. The third-order valence-electron chi connectivity index (χ3n) is 0.970. The molecule has 3 heteroatoms. The maximum atomic E-state index is 3.78. The number of hydrogen-bond acceptors (Lipinski definition) is 2. The van der Waals surface area contributed by atoms with E-state index in [4.69, 9.17) is 0 Å². The molecule has 0 fully saturated rings. The normalized spacial score (nSPS) is 9.15. The van der Waals surface area contributed by atoms with Gasteiger partial charge in [-0.25, -0.2) is 0 Å². The van der Waals surface area contributed by atoms with E-state index < -0.39 is 0 Å². The van der Waals surface area contributed by atoms with Crippen LogP contribution in [0.3, 0.4) is 0 Å². The molecular formula is C10H23N3. The molecule has 0 aromatic carbocycles. The lowest BCUT2D eigenvalue weighted by atomic mass is 10.3. The van der Waals surface area contributed by atoms with Crippen LogP contribution in [-0.2, 0) is 0 Å². The molecule has 0 bridgehead atoms. The summed E-state index contributed by atoms with van der Waals surface area (Å²) < 4.78 is 1.81. The molecule has 13 heavy (non-hydrogen) atoms. The number of hydrogen-bond donors (Lipinski definition) is 0. The molecule has 0 N–H and O–H groups in total. The van der Waals surface area contributed by atoms with Gasteiger partial charge in [0.1, 0.15) is 0 Å². The summed E-state index contributed by atoms with van der Waals surface area (Å²) in [5.41, 5.74) is 0. The van der Waals surface area contributed by atoms with Gasteiger partial charge >= 0.3 is 0 Å². The van der Waals surface area contributed by atoms with Crippen LogP contribution < -0.4 is 0 Å². The van der Waals surface area contributed by atoms with Crippen LogP contribution in [0.4, 0.5) is 0 Å². The predicted molar refractivity (Wildman–Crippen MR) is 57.7 cm³/mol. The molecule has 0 aliphatic carbocycles. The minimum Gasteiger partial charge on any atom is -0.250 e. The highest BCUT2D eigenvalue weighted by molar-refractivity contribution is 4.66. The van der Waals surface area contributed by atoms with E-state index in [2.05, 4.69) is 44.9 Å². The molecule has 3 nitrogen and oxygen atoms in total. The van der Waals surface area contributed by atoms with E-state index in [9.17, 15) is 0 Å². The van der Waals surface area contributed by atoms with Crippen LogP contribution in [0, 0.1) is 5.92 Å². The molecule has 0 amide bonds. The van der Waals surface area contributed by atoms with Crippen molar-refractivity contribution in [1.29, 1.82) is 0 Å². The fourth-order valence-corrected chi connectivity index (χ4v) is 0.493. The molecule has 0 atom stereocenters. The maximum absolute atomic E-state index is 3.78. The van der Waals surface area contributed by atoms with E-state index in [1.807, 2.05) is 6.20 Å². The van der Waals surface area contributed by atoms with Gasteiger partial charge < -0.3 is 0 Å². The molecule has 1 aromatic rings. The summed E-state index contributed by atoms with van der Waals surface area (Å²) in [4.78, 5) is 0. The molecule has 1 rings (SSSR count). The molecule has 0 saturated carbocycles. The van der Waals surface area contributed by atoms with Crippen molar-refractivity contribution in [2.75, 3.05) is 0 Å². The average Bonchev–Trinajstić information content (AvgIpc) is 2.34. The number of aromatic nitrogens is 3. The summed E-state index contributed by atoms with van der Waals surface area (Å²) in [6.45, 7) is 10.6. The molecule has 0 spiro atoms. The van der Waals surface area contributed by atoms with Crippen molar-refractivity contribution in [2.24, 2.45) is 5.92 Å². The van der Waals surface area contributed by atoms with Crippen LogP contribution in [0.2, 0.25) is 0 Å². The Morgan fingerprint density at radius 1 is 1.08 bits per heavy atom. The molecular weight excluding hydrogens is 162 g/mol. The highest BCUT2D eigenvalue weighted by Gasteiger charge is 1.92. The Balaban J connectivity index is 0. The molecule has 0 radical (unpaired) electrons. The summed E-state index contributed by atoms with van der Waals surface area (Å²) in [6, 6.07) is 0.428. The van der Waals surface area contributed by atoms with E-state index in [0.717, 1.165) is 5.92 Å². The van der Waals surface area contributed by atoms with E-state index in [1.165, 1.54) is 0 Å². The Morgan fingerprint density at radius 3 is 1.69 bits per heavy atom. The van der Waals surface area contributed by atoms with E-state index in [-0.39, 0.29) is 7.43 Å². The lowest BCUT2D eigenvalue weighted by molar-refractivity contribution is 0.514. The topological polar surface area (TPSA) is 30.7 Å². The largest absolute Gasteiger partial charge is 0.250 e. The van der Waals surface area contributed by atoms with Gasteiger partial charge in [0.15, 0.2) is 0 Å². The van der Waals surface area contributed by atoms with Crippen molar-refractivity contribution in [1.82, 2.24) is 15.0 Å². The zero-order valence-electron chi connectivity index (χ0n) is 8.65. The van der Waals surface area contributed by atoms with Crippen molar-refractivity contribution in [3.8, 4) is 0 Å². The highest BCUT2D eigenvalue weighted by atomic mass is 15.4. The standard InChI is InChI=1S/C5H9N3.C4H10.CH4/c1-5(2)8-4-3-6-7-8;1-4(2)3;/h3-5H,1-2H3;4H,1-3H3;1H4. The SMILES string of the molecule is C.CC(C)C.CC(C)n1ccnn1. The van der Waals surface area contributed by atoms with Gasteiger partial charge in [-0.05, 0) is 19.8 Å². The Labute approximate surface area is 82.2 Å². The van der Waals surface area contributed by atoms with Gasteiger partial charge in [0.05, 0.1) is 6.20 Å². The second-order valence-electron chi connectivity index (χ2n) is 3.71. The molecule has 0 saturated heterocycles. The second-order valence-corrected chi connectivity index (χ2v) is 3.71. The fourth-order valence-electron chi connectivity index (χ4n) is 0.493. The Hall–Kier alpha value is -0.860. The lowest BCUT2D eigenvalue weighted by Crippen LogP contribution is -2.00. The van der Waals surface area contributed by atoms with E-state index in [1.54, 1.807) is 10.9 Å². The Morgan fingerprint density at radius 2 is 1.54 bits per heavy atom. The zero-order chi connectivity index (χ0) is 9.56. The second kappa shape index (κ2) is 7.77. The zero-order valence-corrected chi connectivity index (χ0v) is 8.65. The molecule has 1 heterocycles. The Kier molecular flexibility index (Phi) is 8.76. The fraction of sp³-hybridized carbons (Fsp3) is 0.800. The van der Waals surface area contributed by atoms with Gasteiger partial charge in [-0.2, -0.15) is 0 Å². The van der Waals surface area contributed by atoms with Gasteiger partial charge in [-0.15, -0.1) is 5.10 Å². The van der Waals surface area contributed by atoms with Crippen LogP contribution in [0.15, 0.2) is 12.4 Å². The third-order valence-corrected chi connectivity index (χ3v) is 0.970. The smallest absolute Gasteiger partial charge is 0.0693 e. The van der Waals surface area contributed by atoms with Crippen LogP contribution >= 0.6 is 0 Å². The first-order chi connectivity index (χ1) is 5.54. The van der Waals surface area contributed by atoms with Crippen molar-refractivity contribution < 1.29 is 0 Å². The highest BCUT2D eigenvalue weighted by Crippen LogP contribution is 1.96.